The van der Waals surface area contributed by atoms with Gasteiger partial charge in [-0.1, -0.05) is 36.4 Å². The molecule has 0 aliphatic carbocycles. The molecular formula is C23H28N2O2. The van der Waals surface area contributed by atoms with Gasteiger partial charge in [0.2, 0.25) is 5.91 Å². The maximum absolute atomic E-state index is 12.9. The van der Waals surface area contributed by atoms with Crippen LogP contribution in [0.3, 0.4) is 0 Å². The van der Waals surface area contributed by atoms with Crippen LogP contribution in [0.4, 0.5) is 0 Å². The molecule has 0 spiro atoms. The van der Waals surface area contributed by atoms with E-state index in [1.165, 1.54) is 5.56 Å². The number of amides is 2. The third-order valence-corrected chi connectivity index (χ3v) is 5.58. The summed E-state index contributed by atoms with van der Waals surface area (Å²) in [6.07, 6.45) is 1.64. The van der Waals surface area contributed by atoms with Crippen molar-refractivity contribution in [2.45, 2.75) is 40.2 Å². The lowest BCUT2D eigenvalue weighted by Crippen LogP contribution is -2.51. The maximum Gasteiger partial charge on any atom is 0.253 e. The van der Waals surface area contributed by atoms with Gasteiger partial charge in [-0.3, -0.25) is 9.59 Å². The number of piperidine rings is 1. The second kappa shape index (κ2) is 7.95. The molecule has 2 aromatic carbocycles. The van der Waals surface area contributed by atoms with E-state index in [-0.39, 0.29) is 11.8 Å². The van der Waals surface area contributed by atoms with E-state index in [4.69, 9.17) is 0 Å². The van der Waals surface area contributed by atoms with E-state index in [2.05, 4.69) is 5.32 Å². The van der Waals surface area contributed by atoms with Gasteiger partial charge in [-0.05, 0) is 62.4 Å². The summed E-state index contributed by atoms with van der Waals surface area (Å²) in [6.45, 7) is 7.70. The highest BCUT2D eigenvalue weighted by atomic mass is 16.2. The number of benzene rings is 2. The molecule has 1 unspecified atom stereocenters. The highest BCUT2D eigenvalue weighted by Gasteiger charge is 2.39. The minimum Gasteiger partial charge on any atom is -0.351 e. The van der Waals surface area contributed by atoms with Crippen LogP contribution in [0.5, 0.6) is 0 Å². The van der Waals surface area contributed by atoms with E-state index in [0.717, 1.165) is 24.0 Å². The summed E-state index contributed by atoms with van der Waals surface area (Å²) >= 11 is 0. The molecule has 0 saturated carbocycles. The summed E-state index contributed by atoms with van der Waals surface area (Å²) in [5.74, 6) is 0.0313. The van der Waals surface area contributed by atoms with Crippen molar-refractivity contribution in [2.75, 3.05) is 13.1 Å². The Morgan fingerprint density at radius 1 is 1.07 bits per heavy atom. The molecule has 2 amide bonds. The molecule has 1 saturated heterocycles. The number of aryl methyl sites for hydroxylation is 2. The second-order valence-corrected chi connectivity index (χ2v) is 7.86. The normalized spacial score (nSPS) is 19.6. The van der Waals surface area contributed by atoms with Crippen molar-refractivity contribution < 1.29 is 9.59 Å². The van der Waals surface area contributed by atoms with E-state index in [9.17, 15) is 9.59 Å². The van der Waals surface area contributed by atoms with Gasteiger partial charge in [-0.25, -0.2) is 0 Å². The summed E-state index contributed by atoms with van der Waals surface area (Å²) in [5, 5.41) is 3.05. The third kappa shape index (κ3) is 4.38. The van der Waals surface area contributed by atoms with Gasteiger partial charge in [0.05, 0.1) is 5.41 Å². The molecule has 4 heteroatoms. The van der Waals surface area contributed by atoms with Crippen LogP contribution >= 0.6 is 0 Å². The zero-order valence-corrected chi connectivity index (χ0v) is 16.4. The van der Waals surface area contributed by atoms with Crippen molar-refractivity contribution in [1.29, 1.82) is 0 Å². The molecule has 1 aliphatic rings. The monoisotopic (exact) mass is 364 g/mol. The summed E-state index contributed by atoms with van der Waals surface area (Å²) in [6, 6.07) is 15.7. The van der Waals surface area contributed by atoms with Crippen LogP contribution in [0, 0.1) is 19.3 Å². The molecule has 1 fully saturated rings. The van der Waals surface area contributed by atoms with Crippen molar-refractivity contribution in [2.24, 2.45) is 5.41 Å². The Morgan fingerprint density at radius 3 is 2.52 bits per heavy atom. The first-order chi connectivity index (χ1) is 12.9. The largest absolute Gasteiger partial charge is 0.351 e. The zero-order chi connectivity index (χ0) is 19.4. The fraction of sp³-hybridized carbons (Fsp3) is 0.391. The van der Waals surface area contributed by atoms with Crippen molar-refractivity contribution in [1.82, 2.24) is 10.2 Å². The quantitative estimate of drug-likeness (QED) is 0.895. The number of nitrogens with zero attached hydrogens (tertiary/aromatic N) is 1. The van der Waals surface area contributed by atoms with Crippen molar-refractivity contribution in [3.8, 4) is 0 Å². The molecule has 1 atom stereocenters. The Hall–Kier alpha value is -2.62. The Labute approximate surface area is 161 Å². The summed E-state index contributed by atoms with van der Waals surface area (Å²) in [7, 11) is 0. The van der Waals surface area contributed by atoms with Crippen molar-refractivity contribution >= 4 is 11.8 Å². The molecule has 1 aliphatic heterocycles. The average molecular weight is 364 g/mol. The van der Waals surface area contributed by atoms with Gasteiger partial charge in [-0.2, -0.15) is 0 Å². The molecule has 1 heterocycles. The first kappa shape index (κ1) is 19.2. The van der Waals surface area contributed by atoms with Gasteiger partial charge in [0.1, 0.15) is 0 Å². The Balaban J connectivity index is 1.67. The summed E-state index contributed by atoms with van der Waals surface area (Å²) in [4.78, 5) is 27.6. The number of nitrogens with one attached hydrogen (secondary N) is 1. The maximum atomic E-state index is 12.9. The number of carbonyl (C=O) groups excluding carboxylic acids is 2. The van der Waals surface area contributed by atoms with E-state index >= 15 is 0 Å². The number of rotatable bonds is 4. The minimum atomic E-state index is -0.553. The molecular weight excluding hydrogens is 336 g/mol. The predicted octanol–water partition coefficient (Wildman–Crippen LogP) is 3.86. The Bertz CT molecular complexity index is 832. The van der Waals surface area contributed by atoms with E-state index in [0.29, 0.717) is 25.2 Å². The third-order valence-electron chi connectivity index (χ3n) is 5.58. The van der Waals surface area contributed by atoms with Gasteiger partial charge in [-0.15, -0.1) is 0 Å². The van der Waals surface area contributed by atoms with Crippen LogP contribution in [-0.4, -0.2) is 29.8 Å². The summed E-state index contributed by atoms with van der Waals surface area (Å²) < 4.78 is 0. The van der Waals surface area contributed by atoms with Crippen LogP contribution in [0.15, 0.2) is 48.5 Å². The standard InChI is InChI=1S/C23H28N2O2/c1-17-10-11-20(14-18(17)2)21(26)25-13-7-12-23(3,16-25)22(27)24-15-19-8-5-4-6-9-19/h4-6,8-11,14H,7,12-13,15-16H2,1-3H3,(H,24,27). The molecule has 4 nitrogen and oxygen atoms in total. The highest BCUT2D eigenvalue weighted by molar-refractivity contribution is 5.95. The van der Waals surface area contributed by atoms with E-state index in [1.54, 1.807) is 0 Å². The minimum absolute atomic E-state index is 0.0138. The van der Waals surface area contributed by atoms with Crippen molar-refractivity contribution in [3.63, 3.8) is 0 Å². The predicted molar refractivity (Wildman–Crippen MR) is 107 cm³/mol. The molecule has 1 N–H and O–H groups in total. The fourth-order valence-corrected chi connectivity index (χ4v) is 3.65. The van der Waals surface area contributed by atoms with E-state index < -0.39 is 5.41 Å². The molecule has 0 bridgehead atoms. The van der Waals surface area contributed by atoms with Gasteiger partial charge >= 0.3 is 0 Å². The Kier molecular flexibility index (Phi) is 5.64. The lowest BCUT2D eigenvalue weighted by atomic mass is 9.80. The second-order valence-electron chi connectivity index (χ2n) is 7.86. The highest BCUT2D eigenvalue weighted by Crippen LogP contribution is 2.31. The molecule has 142 valence electrons. The molecule has 3 rings (SSSR count). The van der Waals surface area contributed by atoms with E-state index in [1.807, 2.05) is 74.2 Å². The fourth-order valence-electron chi connectivity index (χ4n) is 3.65. The molecule has 27 heavy (non-hydrogen) atoms. The SMILES string of the molecule is Cc1ccc(C(=O)N2CCCC(C)(C(=O)NCc3ccccc3)C2)cc1C. The number of likely N-dealkylation sites (tertiary alicyclic amines) is 1. The van der Waals surface area contributed by atoms with Gasteiger partial charge in [0, 0.05) is 25.2 Å². The first-order valence-electron chi connectivity index (χ1n) is 9.58. The average Bonchev–Trinajstić information content (AvgIpc) is 2.68. The number of carbonyl (C=O) groups is 2. The first-order valence-corrected chi connectivity index (χ1v) is 9.58. The lowest BCUT2D eigenvalue weighted by molar-refractivity contribution is -0.132. The van der Waals surface area contributed by atoms with Crippen LogP contribution in [0.1, 0.15) is 46.8 Å². The lowest BCUT2D eigenvalue weighted by Gasteiger charge is -2.39. The Morgan fingerprint density at radius 2 is 1.81 bits per heavy atom. The van der Waals surface area contributed by atoms with Crippen LogP contribution in [0.25, 0.3) is 0 Å². The van der Waals surface area contributed by atoms with Crippen LogP contribution in [-0.2, 0) is 11.3 Å². The molecule has 0 radical (unpaired) electrons. The summed E-state index contributed by atoms with van der Waals surface area (Å²) in [5.41, 5.74) is 3.51. The van der Waals surface area contributed by atoms with Gasteiger partial charge in [0.15, 0.2) is 0 Å². The number of hydrogen-bond donors (Lipinski definition) is 1. The van der Waals surface area contributed by atoms with Gasteiger partial charge < -0.3 is 10.2 Å². The van der Waals surface area contributed by atoms with Crippen LogP contribution < -0.4 is 5.32 Å². The molecule has 2 aromatic rings. The van der Waals surface area contributed by atoms with Crippen molar-refractivity contribution in [3.05, 3.63) is 70.8 Å². The zero-order valence-electron chi connectivity index (χ0n) is 16.4. The van der Waals surface area contributed by atoms with Crippen LogP contribution in [0.2, 0.25) is 0 Å². The number of hydrogen-bond acceptors (Lipinski definition) is 2. The topological polar surface area (TPSA) is 49.4 Å². The van der Waals surface area contributed by atoms with Gasteiger partial charge in [0.25, 0.3) is 5.91 Å². The smallest absolute Gasteiger partial charge is 0.253 e. The molecule has 0 aromatic heterocycles.